The summed E-state index contributed by atoms with van der Waals surface area (Å²) in [5, 5.41) is 3.77. The lowest BCUT2D eigenvalue weighted by Gasteiger charge is -2.38. The molecule has 4 atom stereocenters. The summed E-state index contributed by atoms with van der Waals surface area (Å²) >= 11 is 0. The lowest BCUT2D eigenvalue weighted by atomic mass is 9.76. The van der Waals surface area contributed by atoms with E-state index in [2.05, 4.69) is 31.0 Å². The van der Waals surface area contributed by atoms with Crippen LogP contribution in [0.1, 0.15) is 65.7 Å². The van der Waals surface area contributed by atoms with E-state index in [1.165, 1.54) is 64.6 Å². The quantitative estimate of drug-likeness (QED) is 0.760. The van der Waals surface area contributed by atoms with Crippen LogP contribution in [0.2, 0.25) is 0 Å². The highest BCUT2D eigenvalue weighted by Crippen LogP contribution is 2.33. The van der Waals surface area contributed by atoms with Gasteiger partial charge in [-0.1, -0.05) is 40.0 Å². The molecule has 20 heavy (non-hydrogen) atoms. The molecule has 1 saturated carbocycles. The number of hydrogen-bond acceptors (Lipinski definition) is 2. The first-order chi connectivity index (χ1) is 9.76. The van der Waals surface area contributed by atoms with Crippen LogP contribution < -0.4 is 5.32 Å². The molecule has 0 aromatic heterocycles. The van der Waals surface area contributed by atoms with E-state index >= 15 is 0 Å². The van der Waals surface area contributed by atoms with Crippen molar-refractivity contribution in [2.75, 3.05) is 26.2 Å². The minimum atomic E-state index is 0.786. The van der Waals surface area contributed by atoms with Crippen molar-refractivity contribution < 1.29 is 0 Å². The van der Waals surface area contributed by atoms with Crippen molar-refractivity contribution in [1.82, 2.24) is 10.2 Å². The SMILES string of the molecule is CCCC1CCC(NCC)C(CN2CCC(CC)C2)C1. The van der Waals surface area contributed by atoms with Gasteiger partial charge in [-0.25, -0.2) is 0 Å². The third kappa shape index (κ3) is 4.46. The summed E-state index contributed by atoms with van der Waals surface area (Å²) in [6, 6.07) is 0.786. The van der Waals surface area contributed by atoms with Gasteiger partial charge in [-0.2, -0.15) is 0 Å². The third-order valence-electron chi connectivity index (χ3n) is 5.69. The number of nitrogens with one attached hydrogen (secondary N) is 1. The first-order valence-electron chi connectivity index (χ1n) is 9.22. The van der Waals surface area contributed by atoms with Crippen LogP contribution in [0, 0.1) is 17.8 Å². The zero-order chi connectivity index (χ0) is 14.4. The summed E-state index contributed by atoms with van der Waals surface area (Å²) in [6.45, 7) is 12.2. The van der Waals surface area contributed by atoms with Crippen molar-refractivity contribution in [3.05, 3.63) is 0 Å². The van der Waals surface area contributed by atoms with Gasteiger partial charge in [0.25, 0.3) is 0 Å². The standard InChI is InChI=1S/C18H36N2/c1-4-7-16-8-9-18(19-6-3)17(12-16)14-20-11-10-15(5-2)13-20/h15-19H,4-14H2,1-3H3. The molecule has 1 N–H and O–H groups in total. The molecule has 0 aromatic rings. The van der Waals surface area contributed by atoms with E-state index in [-0.39, 0.29) is 0 Å². The molecule has 0 bridgehead atoms. The van der Waals surface area contributed by atoms with Crippen LogP contribution in [0.5, 0.6) is 0 Å². The molecule has 1 aliphatic heterocycles. The third-order valence-corrected chi connectivity index (χ3v) is 5.69. The van der Waals surface area contributed by atoms with Crippen molar-refractivity contribution in [2.24, 2.45) is 17.8 Å². The van der Waals surface area contributed by atoms with Crippen LogP contribution >= 0.6 is 0 Å². The number of rotatable bonds is 7. The maximum Gasteiger partial charge on any atom is 0.0108 e. The molecular formula is C18H36N2. The van der Waals surface area contributed by atoms with E-state index in [0.717, 1.165) is 30.3 Å². The van der Waals surface area contributed by atoms with Gasteiger partial charge in [0, 0.05) is 19.1 Å². The molecule has 0 radical (unpaired) electrons. The molecule has 2 aliphatic rings. The summed E-state index contributed by atoms with van der Waals surface area (Å²) in [5.74, 6) is 2.88. The highest BCUT2D eigenvalue weighted by Gasteiger charge is 2.32. The zero-order valence-corrected chi connectivity index (χ0v) is 14.0. The summed E-state index contributed by atoms with van der Waals surface area (Å²) in [5.41, 5.74) is 0. The van der Waals surface area contributed by atoms with Gasteiger partial charge in [-0.05, 0) is 56.5 Å². The van der Waals surface area contributed by atoms with Crippen molar-refractivity contribution in [3.8, 4) is 0 Å². The van der Waals surface area contributed by atoms with Crippen molar-refractivity contribution in [1.29, 1.82) is 0 Å². The summed E-state index contributed by atoms with van der Waals surface area (Å²) in [7, 11) is 0. The Morgan fingerprint density at radius 2 is 1.90 bits per heavy atom. The monoisotopic (exact) mass is 280 g/mol. The van der Waals surface area contributed by atoms with Gasteiger partial charge in [-0.15, -0.1) is 0 Å². The Hall–Kier alpha value is -0.0800. The van der Waals surface area contributed by atoms with E-state index in [1.807, 2.05) is 0 Å². The number of likely N-dealkylation sites (tertiary alicyclic amines) is 1. The second kappa shape index (κ2) is 8.38. The van der Waals surface area contributed by atoms with Crippen LogP contribution in [0.4, 0.5) is 0 Å². The Bertz CT molecular complexity index is 266. The zero-order valence-electron chi connectivity index (χ0n) is 14.0. The molecule has 118 valence electrons. The molecule has 2 nitrogen and oxygen atoms in total. The highest BCUT2D eigenvalue weighted by molar-refractivity contribution is 4.88. The van der Waals surface area contributed by atoms with Gasteiger partial charge in [0.15, 0.2) is 0 Å². The predicted octanol–water partition coefficient (Wildman–Crippen LogP) is 3.91. The minimum absolute atomic E-state index is 0.786. The van der Waals surface area contributed by atoms with Crippen LogP contribution in [-0.2, 0) is 0 Å². The topological polar surface area (TPSA) is 15.3 Å². The van der Waals surface area contributed by atoms with Crippen molar-refractivity contribution in [3.63, 3.8) is 0 Å². The second-order valence-corrected chi connectivity index (χ2v) is 7.21. The van der Waals surface area contributed by atoms with E-state index in [9.17, 15) is 0 Å². The van der Waals surface area contributed by atoms with Crippen molar-refractivity contribution in [2.45, 2.75) is 71.8 Å². The van der Waals surface area contributed by atoms with Crippen LogP contribution in [-0.4, -0.2) is 37.1 Å². The molecule has 1 heterocycles. The molecule has 2 rings (SSSR count). The van der Waals surface area contributed by atoms with Gasteiger partial charge in [-0.3, -0.25) is 0 Å². The number of nitrogens with zero attached hydrogens (tertiary/aromatic N) is 1. The Morgan fingerprint density at radius 3 is 2.55 bits per heavy atom. The fraction of sp³-hybridized carbons (Fsp3) is 1.00. The predicted molar refractivity (Wildman–Crippen MR) is 88.0 cm³/mol. The average Bonchev–Trinajstić information content (AvgIpc) is 2.90. The van der Waals surface area contributed by atoms with Gasteiger partial charge >= 0.3 is 0 Å². The maximum atomic E-state index is 3.77. The normalized spacial score (nSPS) is 35.5. The smallest absolute Gasteiger partial charge is 0.0108 e. The molecule has 2 fully saturated rings. The Morgan fingerprint density at radius 1 is 1.05 bits per heavy atom. The number of hydrogen-bond donors (Lipinski definition) is 1. The second-order valence-electron chi connectivity index (χ2n) is 7.21. The van der Waals surface area contributed by atoms with Gasteiger partial charge in [0.1, 0.15) is 0 Å². The maximum absolute atomic E-state index is 3.77. The summed E-state index contributed by atoms with van der Waals surface area (Å²) < 4.78 is 0. The van der Waals surface area contributed by atoms with E-state index in [4.69, 9.17) is 0 Å². The average molecular weight is 281 g/mol. The summed E-state index contributed by atoms with van der Waals surface area (Å²) in [4.78, 5) is 2.76. The Labute approximate surface area is 126 Å². The molecule has 1 saturated heterocycles. The lowest BCUT2D eigenvalue weighted by Crippen LogP contribution is -2.45. The van der Waals surface area contributed by atoms with Gasteiger partial charge in [0.2, 0.25) is 0 Å². The van der Waals surface area contributed by atoms with Crippen molar-refractivity contribution >= 4 is 0 Å². The van der Waals surface area contributed by atoms with E-state index < -0.39 is 0 Å². The Balaban J connectivity index is 1.86. The van der Waals surface area contributed by atoms with Crippen LogP contribution in [0.15, 0.2) is 0 Å². The largest absolute Gasteiger partial charge is 0.314 e. The lowest BCUT2D eigenvalue weighted by molar-refractivity contribution is 0.147. The molecule has 0 amide bonds. The summed E-state index contributed by atoms with van der Waals surface area (Å²) in [6.07, 6.45) is 9.97. The first kappa shape index (κ1) is 16.3. The van der Waals surface area contributed by atoms with Gasteiger partial charge in [0.05, 0.1) is 0 Å². The molecule has 4 unspecified atom stereocenters. The Kier molecular flexibility index (Phi) is 6.83. The highest BCUT2D eigenvalue weighted by atomic mass is 15.2. The molecule has 1 aliphatic carbocycles. The minimum Gasteiger partial charge on any atom is -0.314 e. The fourth-order valence-corrected chi connectivity index (χ4v) is 4.51. The van der Waals surface area contributed by atoms with E-state index in [1.54, 1.807) is 0 Å². The van der Waals surface area contributed by atoms with Crippen LogP contribution in [0.3, 0.4) is 0 Å². The van der Waals surface area contributed by atoms with Gasteiger partial charge < -0.3 is 10.2 Å². The van der Waals surface area contributed by atoms with Crippen LogP contribution in [0.25, 0.3) is 0 Å². The first-order valence-corrected chi connectivity index (χ1v) is 9.22. The molecule has 2 heteroatoms. The molecular weight excluding hydrogens is 244 g/mol. The fourth-order valence-electron chi connectivity index (χ4n) is 4.51. The van der Waals surface area contributed by atoms with E-state index in [0.29, 0.717) is 0 Å². The molecule has 0 aromatic carbocycles. The molecule has 0 spiro atoms.